The highest BCUT2D eigenvalue weighted by Crippen LogP contribution is 2.10. The average molecular weight is 194 g/mol. The van der Waals surface area contributed by atoms with Gasteiger partial charge in [-0.3, -0.25) is 0 Å². The van der Waals surface area contributed by atoms with Crippen molar-refractivity contribution in [3.8, 4) is 5.75 Å². The van der Waals surface area contributed by atoms with E-state index in [0.717, 1.165) is 25.9 Å². The highest BCUT2D eigenvalue weighted by Gasteiger charge is 1.93. The van der Waals surface area contributed by atoms with Crippen molar-refractivity contribution in [2.45, 2.75) is 12.8 Å². The third kappa shape index (κ3) is 4.25. The standard InChI is InChI=1S/C11H18N2O/c12-7-9-13-8-1-2-10-3-5-11(14)6-4-10/h3-6,13-14H,1-2,7-9,12H2. The Kier molecular flexibility index (Phi) is 5.04. The Balaban J connectivity index is 2.15. The molecule has 0 saturated heterocycles. The summed E-state index contributed by atoms with van der Waals surface area (Å²) in [5.74, 6) is 0.329. The van der Waals surface area contributed by atoms with Crippen molar-refractivity contribution in [2.24, 2.45) is 5.73 Å². The van der Waals surface area contributed by atoms with Gasteiger partial charge in [-0.25, -0.2) is 0 Å². The zero-order chi connectivity index (χ0) is 10.2. The molecule has 0 bridgehead atoms. The van der Waals surface area contributed by atoms with Crippen LogP contribution in [0.15, 0.2) is 24.3 Å². The molecule has 0 aliphatic carbocycles. The molecule has 0 heterocycles. The van der Waals surface area contributed by atoms with Gasteiger partial charge in [0, 0.05) is 13.1 Å². The molecular weight excluding hydrogens is 176 g/mol. The average Bonchev–Trinajstić information content (AvgIpc) is 2.21. The molecule has 0 aromatic heterocycles. The van der Waals surface area contributed by atoms with Gasteiger partial charge in [0.15, 0.2) is 0 Å². The lowest BCUT2D eigenvalue weighted by molar-refractivity contribution is 0.475. The first-order valence-electron chi connectivity index (χ1n) is 5.01. The fourth-order valence-electron chi connectivity index (χ4n) is 1.31. The maximum absolute atomic E-state index is 9.07. The van der Waals surface area contributed by atoms with Gasteiger partial charge in [0.2, 0.25) is 0 Å². The predicted molar refractivity (Wildman–Crippen MR) is 58.4 cm³/mol. The molecule has 0 saturated carbocycles. The number of hydrogen-bond donors (Lipinski definition) is 3. The SMILES string of the molecule is NCCNCCCc1ccc(O)cc1. The summed E-state index contributed by atoms with van der Waals surface area (Å²) < 4.78 is 0. The van der Waals surface area contributed by atoms with E-state index in [1.807, 2.05) is 12.1 Å². The first-order valence-corrected chi connectivity index (χ1v) is 5.01. The number of aromatic hydroxyl groups is 1. The fourth-order valence-corrected chi connectivity index (χ4v) is 1.31. The quantitative estimate of drug-likeness (QED) is 0.589. The van der Waals surface area contributed by atoms with E-state index in [1.165, 1.54) is 5.56 Å². The van der Waals surface area contributed by atoms with Gasteiger partial charge in [-0.05, 0) is 37.1 Å². The van der Waals surface area contributed by atoms with E-state index in [4.69, 9.17) is 10.8 Å². The predicted octanol–water partition coefficient (Wildman–Crippen LogP) is 0.873. The van der Waals surface area contributed by atoms with Gasteiger partial charge in [0.25, 0.3) is 0 Å². The van der Waals surface area contributed by atoms with Gasteiger partial charge in [0.05, 0.1) is 0 Å². The number of nitrogens with one attached hydrogen (secondary N) is 1. The molecule has 0 amide bonds. The van der Waals surface area contributed by atoms with Crippen LogP contribution in [0.5, 0.6) is 5.75 Å². The van der Waals surface area contributed by atoms with Crippen LogP contribution in [0.25, 0.3) is 0 Å². The summed E-state index contributed by atoms with van der Waals surface area (Å²) in [5, 5.41) is 12.3. The van der Waals surface area contributed by atoms with Crippen LogP contribution in [0, 0.1) is 0 Å². The van der Waals surface area contributed by atoms with Crippen molar-refractivity contribution < 1.29 is 5.11 Å². The van der Waals surface area contributed by atoms with E-state index in [0.29, 0.717) is 12.3 Å². The summed E-state index contributed by atoms with van der Waals surface area (Å²) in [4.78, 5) is 0. The van der Waals surface area contributed by atoms with E-state index in [9.17, 15) is 0 Å². The molecule has 1 rings (SSSR count). The van der Waals surface area contributed by atoms with Crippen LogP contribution in [0.1, 0.15) is 12.0 Å². The first kappa shape index (κ1) is 11.0. The van der Waals surface area contributed by atoms with Crippen molar-refractivity contribution in [2.75, 3.05) is 19.6 Å². The summed E-state index contributed by atoms with van der Waals surface area (Å²) in [6.07, 6.45) is 2.14. The molecule has 0 aliphatic heterocycles. The molecule has 0 aliphatic rings. The monoisotopic (exact) mass is 194 g/mol. The highest BCUT2D eigenvalue weighted by molar-refractivity contribution is 5.25. The largest absolute Gasteiger partial charge is 0.508 e. The molecule has 78 valence electrons. The number of benzene rings is 1. The lowest BCUT2D eigenvalue weighted by atomic mass is 10.1. The van der Waals surface area contributed by atoms with Gasteiger partial charge < -0.3 is 16.2 Å². The van der Waals surface area contributed by atoms with E-state index in [1.54, 1.807) is 12.1 Å². The molecule has 1 aromatic rings. The Morgan fingerprint density at radius 3 is 2.50 bits per heavy atom. The van der Waals surface area contributed by atoms with Crippen molar-refractivity contribution in [1.82, 2.24) is 5.32 Å². The van der Waals surface area contributed by atoms with Crippen LogP contribution in [-0.4, -0.2) is 24.7 Å². The maximum Gasteiger partial charge on any atom is 0.115 e. The molecule has 0 radical (unpaired) electrons. The zero-order valence-electron chi connectivity index (χ0n) is 8.37. The van der Waals surface area contributed by atoms with E-state index in [2.05, 4.69) is 5.32 Å². The van der Waals surface area contributed by atoms with Crippen molar-refractivity contribution in [3.63, 3.8) is 0 Å². The number of phenols is 1. The number of rotatable bonds is 6. The lowest BCUT2D eigenvalue weighted by Gasteiger charge is -2.03. The van der Waals surface area contributed by atoms with Gasteiger partial charge in [-0.2, -0.15) is 0 Å². The van der Waals surface area contributed by atoms with Crippen LogP contribution in [0.3, 0.4) is 0 Å². The minimum atomic E-state index is 0.329. The van der Waals surface area contributed by atoms with Crippen molar-refractivity contribution in [1.29, 1.82) is 0 Å². The molecular formula is C11H18N2O. The van der Waals surface area contributed by atoms with Crippen molar-refractivity contribution >= 4 is 0 Å². The molecule has 0 spiro atoms. The van der Waals surface area contributed by atoms with E-state index in [-0.39, 0.29) is 0 Å². The number of phenolic OH excluding ortho intramolecular Hbond substituents is 1. The molecule has 3 nitrogen and oxygen atoms in total. The lowest BCUT2D eigenvalue weighted by Crippen LogP contribution is -2.23. The molecule has 3 heteroatoms. The molecule has 0 atom stereocenters. The minimum Gasteiger partial charge on any atom is -0.508 e. The van der Waals surface area contributed by atoms with Gasteiger partial charge >= 0.3 is 0 Å². The van der Waals surface area contributed by atoms with Crippen LogP contribution in [0.4, 0.5) is 0 Å². The topological polar surface area (TPSA) is 58.3 Å². The Bertz CT molecular complexity index is 246. The Labute approximate surface area is 84.9 Å². The summed E-state index contributed by atoms with van der Waals surface area (Å²) in [6, 6.07) is 7.36. The Morgan fingerprint density at radius 2 is 1.86 bits per heavy atom. The number of hydrogen-bond acceptors (Lipinski definition) is 3. The summed E-state index contributed by atoms with van der Waals surface area (Å²) >= 11 is 0. The molecule has 4 N–H and O–H groups in total. The third-order valence-electron chi connectivity index (χ3n) is 2.08. The molecule has 0 fully saturated rings. The first-order chi connectivity index (χ1) is 6.83. The fraction of sp³-hybridized carbons (Fsp3) is 0.455. The molecule has 0 unspecified atom stereocenters. The zero-order valence-corrected chi connectivity index (χ0v) is 8.37. The van der Waals surface area contributed by atoms with E-state index < -0.39 is 0 Å². The Hall–Kier alpha value is -1.06. The summed E-state index contributed by atoms with van der Waals surface area (Å²) in [5.41, 5.74) is 6.61. The normalized spacial score (nSPS) is 10.4. The Morgan fingerprint density at radius 1 is 1.14 bits per heavy atom. The highest BCUT2D eigenvalue weighted by atomic mass is 16.3. The summed E-state index contributed by atoms with van der Waals surface area (Å²) in [6.45, 7) is 2.58. The molecule has 1 aromatic carbocycles. The van der Waals surface area contributed by atoms with Gasteiger partial charge in [-0.1, -0.05) is 12.1 Å². The third-order valence-corrected chi connectivity index (χ3v) is 2.08. The van der Waals surface area contributed by atoms with Crippen LogP contribution >= 0.6 is 0 Å². The molecule has 14 heavy (non-hydrogen) atoms. The second-order valence-electron chi connectivity index (χ2n) is 3.31. The smallest absolute Gasteiger partial charge is 0.115 e. The number of aryl methyl sites for hydroxylation is 1. The summed E-state index contributed by atoms with van der Waals surface area (Å²) in [7, 11) is 0. The minimum absolute atomic E-state index is 0.329. The second-order valence-corrected chi connectivity index (χ2v) is 3.31. The van der Waals surface area contributed by atoms with E-state index >= 15 is 0 Å². The van der Waals surface area contributed by atoms with Crippen LogP contribution in [0.2, 0.25) is 0 Å². The second kappa shape index (κ2) is 6.40. The van der Waals surface area contributed by atoms with Crippen molar-refractivity contribution in [3.05, 3.63) is 29.8 Å². The number of nitrogens with two attached hydrogens (primary N) is 1. The van der Waals surface area contributed by atoms with Crippen LogP contribution in [-0.2, 0) is 6.42 Å². The van der Waals surface area contributed by atoms with Gasteiger partial charge in [0.1, 0.15) is 5.75 Å². The van der Waals surface area contributed by atoms with Crippen LogP contribution < -0.4 is 11.1 Å². The van der Waals surface area contributed by atoms with Gasteiger partial charge in [-0.15, -0.1) is 0 Å². The maximum atomic E-state index is 9.07.